The lowest BCUT2D eigenvalue weighted by atomic mass is 9.90. The normalized spacial score (nSPS) is 34.8. The molecule has 0 amide bonds. The average molecular weight is 340 g/mol. The molecule has 1 aliphatic carbocycles. The van der Waals surface area contributed by atoms with E-state index in [2.05, 4.69) is 6.92 Å². The van der Waals surface area contributed by atoms with Gasteiger partial charge in [0.05, 0.1) is 37.6 Å². The van der Waals surface area contributed by atoms with Crippen LogP contribution >= 0.6 is 0 Å². The zero-order valence-electron chi connectivity index (χ0n) is 14.6. The molecule has 3 fully saturated rings. The fourth-order valence-corrected chi connectivity index (χ4v) is 3.37. The lowest BCUT2D eigenvalue weighted by molar-refractivity contribution is -0.156. The Morgan fingerprint density at radius 1 is 1.12 bits per heavy atom. The summed E-state index contributed by atoms with van der Waals surface area (Å²) in [4.78, 5) is 23.4. The third-order valence-corrected chi connectivity index (χ3v) is 5.19. The van der Waals surface area contributed by atoms with Crippen LogP contribution < -0.4 is 0 Å². The van der Waals surface area contributed by atoms with E-state index in [1.807, 2.05) is 6.92 Å². The second kappa shape index (κ2) is 7.83. The van der Waals surface area contributed by atoms with Crippen molar-refractivity contribution in [1.29, 1.82) is 0 Å². The molecule has 0 aromatic carbocycles. The van der Waals surface area contributed by atoms with Crippen molar-refractivity contribution >= 4 is 11.9 Å². The van der Waals surface area contributed by atoms with Crippen molar-refractivity contribution in [3.8, 4) is 0 Å². The molecular weight excluding hydrogens is 312 g/mol. The molecule has 6 unspecified atom stereocenters. The van der Waals surface area contributed by atoms with E-state index in [1.165, 1.54) is 0 Å². The van der Waals surface area contributed by atoms with Gasteiger partial charge in [0.2, 0.25) is 0 Å². The fourth-order valence-electron chi connectivity index (χ4n) is 3.37. The maximum atomic E-state index is 11.7. The molecule has 6 nitrogen and oxygen atoms in total. The van der Waals surface area contributed by atoms with E-state index in [1.54, 1.807) is 0 Å². The van der Waals surface area contributed by atoms with Crippen molar-refractivity contribution in [2.75, 3.05) is 13.2 Å². The number of esters is 2. The first-order chi connectivity index (χ1) is 11.5. The van der Waals surface area contributed by atoms with E-state index in [9.17, 15) is 9.59 Å². The summed E-state index contributed by atoms with van der Waals surface area (Å²) in [6, 6.07) is 0. The molecule has 0 bridgehead atoms. The van der Waals surface area contributed by atoms with E-state index in [0.717, 1.165) is 32.1 Å². The van der Waals surface area contributed by atoms with Gasteiger partial charge in [-0.25, -0.2) is 0 Å². The predicted octanol–water partition coefficient (Wildman–Crippen LogP) is 2.23. The molecule has 2 aliphatic heterocycles. The van der Waals surface area contributed by atoms with Crippen LogP contribution in [0, 0.1) is 11.8 Å². The van der Waals surface area contributed by atoms with Crippen molar-refractivity contribution in [2.45, 2.75) is 76.8 Å². The lowest BCUT2D eigenvalue weighted by Crippen LogP contribution is -2.22. The highest BCUT2D eigenvalue weighted by molar-refractivity contribution is 5.91. The number of carbonyl (C=O) groups is 2. The number of fused-ring (bicyclic) bond motifs is 1. The Kier molecular flexibility index (Phi) is 5.76. The van der Waals surface area contributed by atoms with Gasteiger partial charge < -0.3 is 18.9 Å². The van der Waals surface area contributed by atoms with E-state index in [4.69, 9.17) is 18.9 Å². The Bertz CT molecular complexity index is 464. The van der Waals surface area contributed by atoms with Crippen LogP contribution in [0.4, 0.5) is 0 Å². The highest BCUT2D eigenvalue weighted by Gasteiger charge is 2.44. The summed E-state index contributed by atoms with van der Waals surface area (Å²) in [5, 5.41) is 0. The summed E-state index contributed by atoms with van der Waals surface area (Å²) in [5.74, 6) is -0.361. The summed E-state index contributed by atoms with van der Waals surface area (Å²) >= 11 is 0. The van der Waals surface area contributed by atoms with Gasteiger partial charge in [-0.05, 0) is 50.9 Å². The monoisotopic (exact) mass is 340 g/mol. The Labute approximate surface area is 143 Å². The van der Waals surface area contributed by atoms with Gasteiger partial charge in [0, 0.05) is 0 Å². The van der Waals surface area contributed by atoms with Crippen molar-refractivity contribution < 1.29 is 28.5 Å². The van der Waals surface area contributed by atoms with Crippen LogP contribution in [0.3, 0.4) is 0 Å². The SMILES string of the molecule is CC(CCC1OC1C)COC(=O)CC(=O)OCC1CCC2OC2C1. The summed E-state index contributed by atoms with van der Waals surface area (Å²) in [5.41, 5.74) is 0. The third kappa shape index (κ3) is 5.45. The molecule has 0 radical (unpaired) electrons. The van der Waals surface area contributed by atoms with Crippen molar-refractivity contribution in [2.24, 2.45) is 11.8 Å². The number of hydrogen-bond donors (Lipinski definition) is 0. The van der Waals surface area contributed by atoms with Crippen LogP contribution in [0.2, 0.25) is 0 Å². The van der Waals surface area contributed by atoms with Crippen molar-refractivity contribution in [3.63, 3.8) is 0 Å². The van der Waals surface area contributed by atoms with Crippen LogP contribution in [0.1, 0.15) is 52.4 Å². The smallest absolute Gasteiger partial charge is 0.317 e. The second-order valence-electron chi connectivity index (χ2n) is 7.50. The van der Waals surface area contributed by atoms with Crippen molar-refractivity contribution in [1.82, 2.24) is 0 Å². The van der Waals surface area contributed by atoms with E-state index < -0.39 is 11.9 Å². The maximum absolute atomic E-state index is 11.7. The molecule has 2 heterocycles. The minimum atomic E-state index is -0.503. The van der Waals surface area contributed by atoms with Gasteiger partial charge >= 0.3 is 11.9 Å². The zero-order valence-corrected chi connectivity index (χ0v) is 14.6. The molecule has 0 aromatic heterocycles. The predicted molar refractivity (Wildman–Crippen MR) is 85.3 cm³/mol. The lowest BCUT2D eigenvalue weighted by Gasteiger charge is -2.18. The van der Waals surface area contributed by atoms with E-state index in [-0.39, 0.29) is 12.3 Å². The van der Waals surface area contributed by atoms with Gasteiger partial charge in [0.25, 0.3) is 0 Å². The summed E-state index contributed by atoms with van der Waals surface area (Å²) < 4.78 is 21.2. The molecule has 0 aromatic rings. The Hall–Kier alpha value is -1.14. The topological polar surface area (TPSA) is 77.7 Å². The van der Waals surface area contributed by atoms with Crippen molar-refractivity contribution in [3.05, 3.63) is 0 Å². The van der Waals surface area contributed by atoms with Crippen LogP contribution in [0.15, 0.2) is 0 Å². The highest BCUT2D eigenvalue weighted by atomic mass is 16.6. The van der Waals surface area contributed by atoms with Crippen LogP contribution in [0.25, 0.3) is 0 Å². The summed E-state index contributed by atoms with van der Waals surface area (Å²) in [7, 11) is 0. The van der Waals surface area contributed by atoms with Crippen LogP contribution in [-0.2, 0) is 28.5 Å². The number of rotatable bonds is 9. The number of ether oxygens (including phenoxy) is 4. The molecule has 2 saturated heterocycles. The number of epoxide rings is 2. The third-order valence-electron chi connectivity index (χ3n) is 5.19. The molecule has 3 rings (SSSR count). The first-order valence-electron chi connectivity index (χ1n) is 9.13. The molecule has 0 spiro atoms. The van der Waals surface area contributed by atoms with Gasteiger partial charge in [-0.1, -0.05) is 6.92 Å². The first kappa shape index (κ1) is 17.7. The second-order valence-corrected chi connectivity index (χ2v) is 7.50. The Morgan fingerprint density at radius 2 is 1.88 bits per heavy atom. The molecule has 0 N–H and O–H groups in total. The van der Waals surface area contributed by atoms with Gasteiger partial charge in [0.1, 0.15) is 6.42 Å². The molecule has 24 heavy (non-hydrogen) atoms. The van der Waals surface area contributed by atoms with Gasteiger partial charge in [0.15, 0.2) is 0 Å². The molecule has 3 aliphatic rings. The largest absolute Gasteiger partial charge is 0.465 e. The first-order valence-corrected chi connectivity index (χ1v) is 9.13. The quantitative estimate of drug-likeness (QED) is 0.364. The number of carbonyl (C=O) groups excluding carboxylic acids is 2. The molecule has 136 valence electrons. The van der Waals surface area contributed by atoms with Gasteiger partial charge in [-0.2, -0.15) is 0 Å². The van der Waals surface area contributed by atoms with Gasteiger partial charge in [-0.15, -0.1) is 0 Å². The average Bonchev–Trinajstić information content (AvgIpc) is 3.45. The van der Waals surface area contributed by atoms with E-state index in [0.29, 0.717) is 43.5 Å². The Morgan fingerprint density at radius 3 is 2.58 bits per heavy atom. The number of hydrogen-bond acceptors (Lipinski definition) is 6. The minimum absolute atomic E-state index is 0.273. The van der Waals surface area contributed by atoms with Crippen LogP contribution in [0.5, 0.6) is 0 Å². The molecule has 6 atom stereocenters. The summed E-state index contributed by atoms with van der Waals surface area (Å²) in [6.45, 7) is 4.82. The van der Waals surface area contributed by atoms with Crippen LogP contribution in [-0.4, -0.2) is 49.6 Å². The summed E-state index contributed by atoms with van der Waals surface area (Å²) in [6.07, 6.45) is 6.26. The van der Waals surface area contributed by atoms with Gasteiger partial charge in [-0.3, -0.25) is 9.59 Å². The Balaban J connectivity index is 1.22. The zero-order chi connectivity index (χ0) is 17.1. The minimum Gasteiger partial charge on any atom is -0.465 e. The highest BCUT2D eigenvalue weighted by Crippen LogP contribution is 2.39. The fraction of sp³-hybridized carbons (Fsp3) is 0.889. The maximum Gasteiger partial charge on any atom is 0.317 e. The standard InChI is InChI=1S/C18H28O6/c1-11(3-5-14-12(2)23-14)9-21-17(19)8-18(20)22-10-13-4-6-15-16(7-13)24-15/h11-16H,3-10H2,1-2H3. The molecule has 6 heteroatoms. The molecular formula is C18H28O6. The van der Waals surface area contributed by atoms with E-state index >= 15 is 0 Å². The molecule has 1 saturated carbocycles.